The zero-order chi connectivity index (χ0) is 13.9. The zero-order valence-electron chi connectivity index (χ0n) is 11.3. The summed E-state index contributed by atoms with van der Waals surface area (Å²) in [4.78, 5) is 2.09. The Bertz CT molecular complexity index is 529. The van der Waals surface area contributed by atoms with Crippen LogP contribution >= 0.6 is 0 Å². The molecule has 0 unspecified atom stereocenters. The van der Waals surface area contributed by atoms with Gasteiger partial charge >= 0.3 is 0 Å². The van der Waals surface area contributed by atoms with Gasteiger partial charge in [0.2, 0.25) is 0 Å². The SMILES string of the molecule is O[C@@H]1C[C@@H](O)CN(Cc2ccc(-n3cccn3)cc2)C1. The van der Waals surface area contributed by atoms with Crippen LogP contribution in [-0.4, -0.2) is 50.2 Å². The summed E-state index contributed by atoms with van der Waals surface area (Å²) in [5.74, 6) is 0. The van der Waals surface area contributed by atoms with E-state index in [1.165, 1.54) is 5.56 Å². The van der Waals surface area contributed by atoms with Gasteiger partial charge in [0.25, 0.3) is 0 Å². The molecule has 0 spiro atoms. The van der Waals surface area contributed by atoms with Crippen molar-refractivity contribution in [2.45, 2.75) is 25.2 Å². The van der Waals surface area contributed by atoms with Crippen LogP contribution in [0.15, 0.2) is 42.7 Å². The second-order valence-corrected chi connectivity index (χ2v) is 5.35. The number of piperidine rings is 1. The first-order valence-corrected chi connectivity index (χ1v) is 6.88. The summed E-state index contributed by atoms with van der Waals surface area (Å²) >= 11 is 0. The molecule has 1 aliphatic rings. The number of rotatable bonds is 3. The molecule has 0 saturated carbocycles. The molecule has 106 valence electrons. The molecule has 1 aliphatic heterocycles. The third-order valence-corrected chi connectivity index (χ3v) is 3.59. The third kappa shape index (κ3) is 3.07. The minimum Gasteiger partial charge on any atom is -0.392 e. The van der Waals surface area contributed by atoms with Gasteiger partial charge in [0, 0.05) is 38.4 Å². The molecule has 1 aromatic heterocycles. The van der Waals surface area contributed by atoms with Crippen molar-refractivity contribution in [2.75, 3.05) is 13.1 Å². The van der Waals surface area contributed by atoms with Crippen molar-refractivity contribution in [3.05, 3.63) is 48.3 Å². The van der Waals surface area contributed by atoms with Crippen LogP contribution in [0.25, 0.3) is 5.69 Å². The van der Waals surface area contributed by atoms with Gasteiger partial charge in [0.15, 0.2) is 0 Å². The summed E-state index contributed by atoms with van der Waals surface area (Å²) in [5.41, 5.74) is 2.19. The predicted molar refractivity (Wildman–Crippen MR) is 75.5 cm³/mol. The highest BCUT2D eigenvalue weighted by molar-refractivity contribution is 5.33. The van der Waals surface area contributed by atoms with Crippen molar-refractivity contribution in [2.24, 2.45) is 0 Å². The number of hydrogen-bond donors (Lipinski definition) is 2. The van der Waals surface area contributed by atoms with Crippen molar-refractivity contribution >= 4 is 0 Å². The summed E-state index contributed by atoms with van der Waals surface area (Å²) in [7, 11) is 0. The molecule has 1 aromatic carbocycles. The number of hydrogen-bond acceptors (Lipinski definition) is 4. The standard InChI is InChI=1S/C15H19N3O2/c19-14-8-15(20)11-17(10-14)9-12-2-4-13(5-3-12)18-7-1-6-16-18/h1-7,14-15,19-20H,8-11H2/t14-,15-/m1/s1. The second-order valence-electron chi connectivity index (χ2n) is 5.35. The number of likely N-dealkylation sites (tertiary alicyclic amines) is 1. The van der Waals surface area contributed by atoms with Crippen molar-refractivity contribution in [1.29, 1.82) is 0 Å². The van der Waals surface area contributed by atoms with Crippen molar-refractivity contribution in [1.82, 2.24) is 14.7 Å². The number of aliphatic hydroxyl groups excluding tert-OH is 2. The molecule has 5 heteroatoms. The van der Waals surface area contributed by atoms with E-state index in [2.05, 4.69) is 22.1 Å². The molecule has 0 bridgehead atoms. The molecule has 5 nitrogen and oxygen atoms in total. The Morgan fingerprint density at radius 3 is 2.40 bits per heavy atom. The van der Waals surface area contributed by atoms with Gasteiger partial charge in [-0.1, -0.05) is 12.1 Å². The van der Waals surface area contributed by atoms with Crippen molar-refractivity contribution < 1.29 is 10.2 Å². The molecule has 1 saturated heterocycles. The second kappa shape index (κ2) is 5.75. The topological polar surface area (TPSA) is 61.5 Å². The highest BCUT2D eigenvalue weighted by atomic mass is 16.3. The average Bonchev–Trinajstić information content (AvgIpc) is 2.92. The lowest BCUT2D eigenvalue weighted by atomic mass is 10.0. The molecule has 0 aliphatic carbocycles. The van der Waals surface area contributed by atoms with Gasteiger partial charge in [-0.05, 0) is 23.8 Å². The summed E-state index contributed by atoms with van der Waals surface area (Å²) in [6, 6.07) is 10.1. The first-order chi connectivity index (χ1) is 9.70. The largest absolute Gasteiger partial charge is 0.392 e. The molecular formula is C15H19N3O2. The summed E-state index contributed by atoms with van der Waals surface area (Å²) in [5, 5.41) is 23.6. The maximum absolute atomic E-state index is 9.68. The van der Waals surface area contributed by atoms with Crippen LogP contribution < -0.4 is 0 Å². The van der Waals surface area contributed by atoms with E-state index in [0.717, 1.165) is 12.2 Å². The van der Waals surface area contributed by atoms with Gasteiger partial charge in [0.1, 0.15) is 0 Å². The van der Waals surface area contributed by atoms with Crippen LogP contribution in [0.4, 0.5) is 0 Å². The van der Waals surface area contributed by atoms with Gasteiger partial charge in [-0.25, -0.2) is 4.68 Å². The van der Waals surface area contributed by atoms with E-state index in [1.807, 2.05) is 29.1 Å². The van der Waals surface area contributed by atoms with Gasteiger partial charge in [-0.2, -0.15) is 5.10 Å². The molecule has 3 rings (SSSR count). The van der Waals surface area contributed by atoms with E-state index in [1.54, 1.807) is 6.20 Å². The van der Waals surface area contributed by atoms with Crippen LogP contribution in [-0.2, 0) is 6.54 Å². The van der Waals surface area contributed by atoms with Gasteiger partial charge in [-0.3, -0.25) is 4.90 Å². The Morgan fingerprint density at radius 1 is 1.10 bits per heavy atom. The molecule has 20 heavy (non-hydrogen) atoms. The van der Waals surface area contributed by atoms with E-state index in [-0.39, 0.29) is 0 Å². The normalized spacial score (nSPS) is 23.9. The fourth-order valence-corrected chi connectivity index (χ4v) is 2.70. The number of benzene rings is 1. The predicted octanol–water partition coefficient (Wildman–Crippen LogP) is 0.800. The van der Waals surface area contributed by atoms with E-state index in [4.69, 9.17) is 0 Å². The van der Waals surface area contributed by atoms with E-state index in [9.17, 15) is 10.2 Å². The van der Waals surface area contributed by atoms with Crippen LogP contribution in [0.5, 0.6) is 0 Å². The Labute approximate surface area is 118 Å². The fourth-order valence-electron chi connectivity index (χ4n) is 2.70. The Hall–Kier alpha value is -1.69. The molecule has 0 amide bonds. The Kier molecular flexibility index (Phi) is 3.82. The van der Waals surface area contributed by atoms with Crippen molar-refractivity contribution in [3.63, 3.8) is 0 Å². The lowest BCUT2D eigenvalue weighted by Crippen LogP contribution is -2.45. The van der Waals surface area contributed by atoms with E-state index in [0.29, 0.717) is 19.5 Å². The summed E-state index contributed by atoms with van der Waals surface area (Å²) in [6.07, 6.45) is 3.29. The molecule has 2 N–H and O–H groups in total. The van der Waals surface area contributed by atoms with Crippen LogP contribution in [0.3, 0.4) is 0 Å². The zero-order valence-corrected chi connectivity index (χ0v) is 11.3. The third-order valence-electron chi connectivity index (χ3n) is 3.59. The number of aromatic nitrogens is 2. The van der Waals surface area contributed by atoms with Crippen LogP contribution in [0.1, 0.15) is 12.0 Å². The summed E-state index contributed by atoms with van der Waals surface area (Å²) < 4.78 is 1.82. The van der Waals surface area contributed by atoms with Gasteiger partial charge < -0.3 is 10.2 Å². The lowest BCUT2D eigenvalue weighted by molar-refractivity contribution is -0.0110. The maximum Gasteiger partial charge on any atom is 0.0692 e. The number of nitrogens with zero attached hydrogens (tertiary/aromatic N) is 3. The summed E-state index contributed by atoms with van der Waals surface area (Å²) in [6.45, 7) is 1.99. The minimum atomic E-state index is -0.429. The minimum absolute atomic E-state index is 0.429. The molecule has 2 atom stereocenters. The fraction of sp³-hybridized carbons (Fsp3) is 0.400. The molecular weight excluding hydrogens is 254 g/mol. The monoisotopic (exact) mass is 273 g/mol. The lowest BCUT2D eigenvalue weighted by Gasteiger charge is -2.33. The van der Waals surface area contributed by atoms with E-state index < -0.39 is 12.2 Å². The Morgan fingerprint density at radius 2 is 1.80 bits per heavy atom. The average molecular weight is 273 g/mol. The first-order valence-electron chi connectivity index (χ1n) is 6.88. The van der Waals surface area contributed by atoms with Crippen LogP contribution in [0, 0.1) is 0 Å². The highest BCUT2D eigenvalue weighted by Crippen LogP contribution is 2.15. The Balaban J connectivity index is 1.66. The van der Waals surface area contributed by atoms with Crippen LogP contribution in [0.2, 0.25) is 0 Å². The highest BCUT2D eigenvalue weighted by Gasteiger charge is 2.24. The van der Waals surface area contributed by atoms with Gasteiger partial charge in [-0.15, -0.1) is 0 Å². The quantitative estimate of drug-likeness (QED) is 0.868. The molecule has 1 fully saturated rings. The maximum atomic E-state index is 9.68. The first kappa shape index (κ1) is 13.3. The molecule has 2 aromatic rings. The van der Waals surface area contributed by atoms with Gasteiger partial charge in [0.05, 0.1) is 17.9 Å². The molecule has 2 heterocycles. The van der Waals surface area contributed by atoms with E-state index >= 15 is 0 Å². The smallest absolute Gasteiger partial charge is 0.0692 e. The van der Waals surface area contributed by atoms with Crippen molar-refractivity contribution in [3.8, 4) is 5.69 Å². The number of β-amino-alcohol motifs (C(OH)–C–C–N with tert-alkyl or cyclic N) is 2. The number of aliphatic hydroxyl groups is 2. The molecule has 0 radical (unpaired) electrons.